The van der Waals surface area contributed by atoms with Crippen LogP contribution in [0.25, 0.3) is 0 Å². The lowest BCUT2D eigenvalue weighted by Crippen LogP contribution is -2.44. The lowest BCUT2D eigenvalue weighted by atomic mass is 9.84. The molecule has 0 spiro atoms. The average molecular weight is 324 g/mol. The first-order valence-corrected chi connectivity index (χ1v) is 8.58. The van der Waals surface area contributed by atoms with E-state index in [1.54, 1.807) is 13.0 Å². The molecule has 0 heterocycles. The normalized spacial score (nSPS) is 18.5. The highest BCUT2D eigenvalue weighted by Crippen LogP contribution is 2.26. The van der Waals surface area contributed by atoms with Crippen LogP contribution in [0.5, 0.6) is 5.75 Å². The van der Waals surface area contributed by atoms with Crippen molar-refractivity contribution < 1.29 is 9.53 Å². The lowest BCUT2D eigenvalue weighted by Gasteiger charge is -2.29. The number of benzene rings is 1. The number of ether oxygens (including phenoxy) is 1. The number of carbonyl (C=O) groups excluding carboxylic acids is 1. The number of aryl methyl sites for hydroxylation is 1. The van der Waals surface area contributed by atoms with Crippen LogP contribution >= 0.6 is 11.6 Å². The third kappa shape index (κ3) is 4.64. The highest BCUT2D eigenvalue weighted by molar-refractivity contribution is 6.30. The van der Waals surface area contributed by atoms with E-state index < -0.39 is 6.10 Å². The van der Waals surface area contributed by atoms with Crippen molar-refractivity contribution in [2.45, 2.75) is 65.0 Å². The number of hydrogen-bond acceptors (Lipinski definition) is 2. The molecule has 1 aromatic carbocycles. The third-order valence-corrected chi connectivity index (χ3v) is 4.77. The Morgan fingerprint density at radius 3 is 2.59 bits per heavy atom. The third-order valence-electron chi connectivity index (χ3n) is 4.54. The molecular weight excluding hydrogens is 298 g/mol. The van der Waals surface area contributed by atoms with Crippen molar-refractivity contribution in [3.8, 4) is 5.75 Å². The van der Waals surface area contributed by atoms with Gasteiger partial charge in [-0.05, 0) is 63.3 Å². The van der Waals surface area contributed by atoms with Crippen LogP contribution in [0.1, 0.15) is 51.5 Å². The van der Waals surface area contributed by atoms with Crippen molar-refractivity contribution in [1.29, 1.82) is 0 Å². The van der Waals surface area contributed by atoms with Crippen molar-refractivity contribution in [3.63, 3.8) is 0 Å². The quantitative estimate of drug-likeness (QED) is 0.866. The Morgan fingerprint density at radius 1 is 1.27 bits per heavy atom. The second-order valence-corrected chi connectivity index (χ2v) is 6.80. The first-order chi connectivity index (χ1) is 10.5. The predicted molar refractivity (Wildman–Crippen MR) is 90.5 cm³/mol. The minimum Gasteiger partial charge on any atom is -0.481 e. The van der Waals surface area contributed by atoms with Gasteiger partial charge in [-0.1, -0.05) is 30.9 Å². The Balaban J connectivity index is 1.88. The summed E-state index contributed by atoms with van der Waals surface area (Å²) >= 11 is 5.94. The average Bonchev–Trinajstić information content (AvgIpc) is 2.50. The molecule has 1 aromatic rings. The number of nitrogens with one attached hydrogen (secondary N) is 1. The Bertz CT molecular complexity index is 512. The minimum absolute atomic E-state index is 0.0487. The molecule has 1 aliphatic carbocycles. The Morgan fingerprint density at radius 2 is 1.95 bits per heavy atom. The van der Waals surface area contributed by atoms with E-state index in [0.717, 1.165) is 5.56 Å². The first-order valence-electron chi connectivity index (χ1n) is 8.20. The molecule has 0 saturated heterocycles. The van der Waals surface area contributed by atoms with Gasteiger partial charge in [0, 0.05) is 11.1 Å². The van der Waals surface area contributed by atoms with Gasteiger partial charge in [-0.2, -0.15) is 0 Å². The fraction of sp³-hybridized carbons (Fsp3) is 0.611. The molecule has 2 rings (SSSR count). The van der Waals surface area contributed by atoms with Gasteiger partial charge in [0.15, 0.2) is 6.10 Å². The number of amides is 1. The van der Waals surface area contributed by atoms with Crippen molar-refractivity contribution in [1.82, 2.24) is 5.32 Å². The summed E-state index contributed by atoms with van der Waals surface area (Å²) in [6.07, 6.45) is 5.81. The summed E-state index contributed by atoms with van der Waals surface area (Å²) in [6.45, 7) is 5.82. The van der Waals surface area contributed by atoms with E-state index in [1.165, 1.54) is 32.1 Å². The van der Waals surface area contributed by atoms with Crippen LogP contribution < -0.4 is 10.1 Å². The zero-order valence-corrected chi connectivity index (χ0v) is 14.5. The summed E-state index contributed by atoms with van der Waals surface area (Å²) in [6, 6.07) is 5.64. The van der Waals surface area contributed by atoms with Gasteiger partial charge in [0.25, 0.3) is 5.91 Å². The van der Waals surface area contributed by atoms with Gasteiger partial charge >= 0.3 is 0 Å². The molecule has 0 unspecified atom stereocenters. The monoisotopic (exact) mass is 323 g/mol. The highest BCUT2D eigenvalue weighted by atomic mass is 35.5. The molecule has 1 fully saturated rings. The van der Waals surface area contributed by atoms with Crippen LogP contribution in [0, 0.1) is 12.8 Å². The van der Waals surface area contributed by atoms with Crippen LogP contribution in [0.4, 0.5) is 0 Å². The van der Waals surface area contributed by atoms with Crippen molar-refractivity contribution in [2.24, 2.45) is 5.92 Å². The molecule has 0 radical (unpaired) electrons. The molecule has 2 atom stereocenters. The zero-order valence-electron chi connectivity index (χ0n) is 13.7. The van der Waals surface area contributed by atoms with Crippen LogP contribution in [-0.4, -0.2) is 18.1 Å². The molecule has 4 heteroatoms. The van der Waals surface area contributed by atoms with E-state index in [-0.39, 0.29) is 11.9 Å². The lowest BCUT2D eigenvalue weighted by molar-refractivity contribution is -0.128. The van der Waals surface area contributed by atoms with E-state index >= 15 is 0 Å². The number of halogens is 1. The van der Waals surface area contributed by atoms with Gasteiger partial charge in [0.2, 0.25) is 0 Å². The molecule has 122 valence electrons. The summed E-state index contributed by atoms with van der Waals surface area (Å²) in [5.41, 5.74) is 0.937. The Labute approximate surface area is 138 Å². The van der Waals surface area contributed by atoms with Gasteiger partial charge in [-0.25, -0.2) is 0 Å². The van der Waals surface area contributed by atoms with E-state index in [0.29, 0.717) is 16.7 Å². The van der Waals surface area contributed by atoms with Crippen molar-refractivity contribution >= 4 is 17.5 Å². The molecule has 3 nitrogen and oxygen atoms in total. The molecule has 1 amide bonds. The second-order valence-electron chi connectivity index (χ2n) is 6.37. The van der Waals surface area contributed by atoms with Crippen LogP contribution in [-0.2, 0) is 4.79 Å². The largest absolute Gasteiger partial charge is 0.481 e. The minimum atomic E-state index is -0.508. The van der Waals surface area contributed by atoms with Crippen LogP contribution in [0.3, 0.4) is 0 Å². The molecule has 1 aliphatic rings. The van der Waals surface area contributed by atoms with Gasteiger partial charge in [0.05, 0.1) is 0 Å². The SMILES string of the molecule is Cc1cc(Cl)ccc1O[C@H](C)C(=O)N[C@H](C)C1CCCCC1. The summed E-state index contributed by atoms with van der Waals surface area (Å²) in [5, 5.41) is 3.78. The van der Waals surface area contributed by atoms with Gasteiger partial charge in [0.1, 0.15) is 5.75 Å². The standard InChI is InChI=1S/C18H26ClNO2/c1-12-11-16(19)9-10-17(12)22-14(3)18(21)20-13(2)15-7-5-4-6-8-15/h9-11,13-15H,4-8H2,1-3H3,(H,20,21)/t13-,14-/m1/s1. The van der Waals surface area contributed by atoms with Crippen molar-refractivity contribution in [3.05, 3.63) is 28.8 Å². The van der Waals surface area contributed by atoms with Gasteiger partial charge < -0.3 is 10.1 Å². The maximum Gasteiger partial charge on any atom is 0.260 e. The van der Waals surface area contributed by atoms with Crippen molar-refractivity contribution in [2.75, 3.05) is 0 Å². The first kappa shape index (κ1) is 17.1. The van der Waals surface area contributed by atoms with E-state index in [2.05, 4.69) is 12.2 Å². The molecule has 22 heavy (non-hydrogen) atoms. The molecule has 1 saturated carbocycles. The number of rotatable bonds is 5. The topological polar surface area (TPSA) is 38.3 Å². The fourth-order valence-corrected chi connectivity index (χ4v) is 3.31. The maximum absolute atomic E-state index is 12.3. The van der Waals surface area contributed by atoms with Crippen LogP contribution in [0.2, 0.25) is 5.02 Å². The van der Waals surface area contributed by atoms with Gasteiger partial charge in [-0.15, -0.1) is 0 Å². The zero-order chi connectivity index (χ0) is 16.1. The highest BCUT2D eigenvalue weighted by Gasteiger charge is 2.24. The molecule has 1 N–H and O–H groups in total. The maximum atomic E-state index is 12.3. The number of carbonyl (C=O) groups is 1. The van der Waals surface area contributed by atoms with Gasteiger partial charge in [-0.3, -0.25) is 4.79 Å². The number of hydrogen-bond donors (Lipinski definition) is 1. The summed E-state index contributed by atoms with van der Waals surface area (Å²) < 4.78 is 5.78. The molecular formula is C18H26ClNO2. The molecule has 0 bridgehead atoms. The predicted octanol–water partition coefficient (Wildman–Crippen LogP) is 4.50. The van der Waals surface area contributed by atoms with E-state index in [4.69, 9.17) is 16.3 Å². The summed E-state index contributed by atoms with van der Waals surface area (Å²) in [7, 11) is 0. The molecule has 0 aliphatic heterocycles. The summed E-state index contributed by atoms with van der Waals surface area (Å²) in [4.78, 5) is 12.3. The molecule has 0 aromatic heterocycles. The Hall–Kier alpha value is -1.22. The Kier molecular flexibility index (Phi) is 6.13. The van der Waals surface area contributed by atoms with E-state index in [1.807, 2.05) is 19.1 Å². The van der Waals surface area contributed by atoms with E-state index in [9.17, 15) is 4.79 Å². The fourth-order valence-electron chi connectivity index (χ4n) is 3.08. The van der Waals surface area contributed by atoms with Crippen LogP contribution in [0.15, 0.2) is 18.2 Å². The second kappa shape index (κ2) is 7.87. The summed E-state index contributed by atoms with van der Waals surface area (Å²) in [5.74, 6) is 1.26. The smallest absolute Gasteiger partial charge is 0.260 e.